The molecule has 1 N–H and O–H groups in total. The fourth-order valence-corrected chi connectivity index (χ4v) is 4.15. The van der Waals surface area contributed by atoms with Gasteiger partial charge in [0.15, 0.2) is 0 Å². The van der Waals surface area contributed by atoms with Crippen LogP contribution >= 0.6 is 0 Å². The number of carbonyl (C=O) groups is 1. The summed E-state index contributed by atoms with van der Waals surface area (Å²) in [6.45, 7) is 11.6. The molecule has 1 aliphatic rings. The average Bonchev–Trinajstić information content (AvgIpc) is 3.16. The maximum Gasteiger partial charge on any atom is 0.254 e. The molecule has 0 spiro atoms. The molecule has 8 heteroatoms. The Bertz CT molecular complexity index is 1110. The third-order valence-corrected chi connectivity index (χ3v) is 5.92. The minimum atomic E-state index is 0.0951. The predicted molar refractivity (Wildman–Crippen MR) is 126 cm³/mol. The van der Waals surface area contributed by atoms with Crippen LogP contribution in [0.15, 0.2) is 36.7 Å². The van der Waals surface area contributed by atoms with Crippen LogP contribution in [0.2, 0.25) is 0 Å². The summed E-state index contributed by atoms with van der Waals surface area (Å²) in [4.78, 5) is 30.6. The molecule has 0 unspecified atom stereocenters. The average molecular weight is 434 g/mol. The first-order chi connectivity index (χ1) is 15.3. The number of aryl methyl sites for hydroxylation is 2. The fraction of sp³-hybridized carbons (Fsp3) is 0.417. The van der Waals surface area contributed by atoms with Crippen molar-refractivity contribution in [2.24, 2.45) is 0 Å². The van der Waals surface area contributed by atoms with Crippen LogP contribution in [-0.2, 0) is 0 Å². The lowest BCUT2D eigenvalue weighted by molar-refractivity contribution is 0.0663. The number of rotatable bonds is 5. The summed E-state index contributed by atoms with van der Waals surface area (Å²) in [6.07, 6.45) is 3.60. The molecular weight excluding hydrogens is 402 g/mol. The number of nitrogens with zero attached hydrogens (tertiary/aromatic N) is 6. The van der Waals surface area contributed by atoms with Crippen molar-refractivity contribution < 1.29 is 4.79 Å². The monoisotopic (exact) mass is 433 g/mol. The third-order valence-electron chi connectivity index (χ3n) is 5.92. The SMILES string of the molecule is Cc1cc(Nc2nccc(-c3cnc(C)n3C(C)C)n2)ccc1C(=O)N1CCN(C)CC1. The van der Waals surface area contributed by atoms with Crippen molar-refractivity contribution in [2.75, 3.05) is 38.5 Å². The second-order valence-electron chi connectivity index (χ2n) is 8.67. The van der Waals surface area contributed by atoms with E-state index < -0.39 is 0 Å². The van der Waals surface area contributed by atoms with Crippen molar-refractivity contribution in [1.29, 1.82) is 0 Å². The molecule has 1 amide bonds. The second-order valence-corrected chi connectivity index (χ2v) is 8.67. The highest BCUT2D eigenvalue weighted by Gasteiger charge is 2.21. The zero-order valence-electron chi connectivity index (χ0n) is 19.5. The van der Waals surface area contributed by atoms with Crippen molar-refractivity contribution in [2.45, 2.75) is 33.7 Å². The smallest absolute Gasteiger partial charge is 0.254 e. The van der Waals surface area contributed by atoms with Gasteiger partial charge in [0.05, 0.1) is 17.6 Å². The number of hydrogen-bond donors (Lipinski definition) is 1. The van der Waals surface area contributed by atoms with Crippen molar-refractivity contribution >= 4 is 17.5 Å². The van der Waals surface area contributed by atoms with Crippen molar-refractivity contribution in [3.63, 3.8) is 0 Å². The molecule has 1 aliphatic heterocycles. The van der Waals surface area contributed by atoms with Crippen LogP contribution in [0.25, 0.3) is 11.4 Å². The van der Waals surface area contributed by atoms with Gasteiger partial charge in [-0.05, 0) is 64.6 Å². The molecule has 0 atom stereocenters. The predicted octanol–water partition coefficient (Wildman–Crippen LogP) is 3.67. The minimum absolute atomic E-state index is 0.0951. The van der Waals surface area contributed by atoms with Crippen molar-refractivity contribution in [3.8, 4) is 11.4 Å². The maximum absolute atomic E-state index is 12.9. The highest BCUT2D eigenvalue weighted by Crippen LogP contribution is 2.25. The number of likely N-dealkylation sites (N-methyl/N-ethyl adjacent to an activating group) is 1. The number of aromatic nitrogens is 4. The zero-order chi connectivity index (χ0) is 22.8. The Balaban J connectivity index is 1.52. The van der Waals surface area contributed by atoms with E-state index in [9.17, 15) is 4.79 Å². The molecule has 8 nitrogen and oxygen atoms in total. The number of benzene rings is 1. The van der Waals surface area contributed by atoms with E-state index in [2.05, 4.69) is 45.6 Å². The molecule has 168 valence electrons. The van der Waals surface area contributed by atoms with Crippen LogP contribution in [0.5, 0.6) is 0 Å². The van der Waals surface area contributed by atoms with E-state index in [1.54, 1.807) is 6.20 Å². The van der Waals surface area contributed by atoms with Crippen LogP contribution in [-0.4, -0.2) is 68.5 Å². The molecule has 0 aliphatic carbocycles. The largest absolute Gasteiger partial charge is 0.336 e. The molecule has 0 radical (unpaired) electrons. The van der Waals surface area contributed by atoms with E-state index in [4.69, 9.17) is 4.98 Å². The lowest BCUT2D eigenvalue weighted by atomic mass is 10.1. The van der Waals surface area contributed by atoms with E-state index in [0.717, 1.165) is 60.2 Å². The first-order valence-electron chi connectivity index (χ1n) is 11.1. The van der Waals surface area contributed by atoms with Crippen LogP contribution in [0.3, 0.4) is 0 Å². The van der Waals surface area contributed by atoms with E-state index in [0.29, 0.717) is 5.95 Å². The highest BCUT2D eigenvalue weighted by molar-refractivity contribution is 5.96. The Labute approximate surface area is 189 Å². The van der Waals surface area contributed by atoms with Crippen molar-refractivity contribution in [3.05, 3.63) is 53.6 Å². The molecule has 32 heavy (non-hydrogen) atoms. The van der Waals surface area contributed by atoms with Gasteiger partial charge in [0.1, 0.15) is 5.82 Å². The molecule has 4 rings (SSSR count). The van der Waals surface area contributed by atoms with Gasteiger partial charge in [0.25, 0.3) is 5.91 Å². The number of hydrogen-bond acceptors (Lipinski definition) is 6. The molecule has 2 aromatic heterocycles. The molecule has 1 saturated heterocycles. The highest BCUT2D eigenvalue weighted by atomic mass is 16.2. The Kier molecular flexibility index (Phi) is 6.23. The standard InChI is InChI=1S/C24H31N7O/c1-16(2)31-18(4)26-15-22(31)21-8-9-25-24(28-21)27-19-6-7-20(17(3)14-19)23(32)30-12-10-29(5)11-13-30/h6-9,14-16H,10-13H2,1-5H3,(H,25,27,28). The molecule has 3 aromatic rings. The summed E-state index contributed by atoms with van der Waals surface area (Å²) in [6, 6.07) is 7.95. The van der Waals surface area contributed by atoms with Gasteiger partial charge in [-0.2, -0.15) is 0 Å². The summed E-state index contributed by atoms with van der Waals surface area (Å²) in [5.41, 5.74) is 4.31. The normalized spacial score (nSPS) is 14.8. The lowest BCUT2D eigenvalue weighted by Crippen LogP contribution is -2.47. The Hall–Kier alpha value is -3.26. The number of amides is 1. The number of carbonyl (C=O) groups excluding carboxylic acids is 1. The topological polar surface area (TPSA) is 79.2 Å². The first-order valence-corrected chi connectivity index (χ1v) is 11.1. The van der Waals surface area contributed by atoms with E-state index in [1.165, 1.54) is 0 Å². The van der Waals surface area contributed by atoms with Crippen LogP contribution in [0.1, 0.15) is 41.6 Å². The lowest BCUT2D eigenvalue weighted by Gasteiger charge is -2.32. The van der Waals surface area contributed by atoms with Gasteiger partial charge in [0, 0.05) is 49.7 Å². The van der Waals surface area contributed by atoms with Gasteiger partial charge in [-0.15, -0.1) is 0 Å². The number of anilines is 2. The summed E-state index contributed by atoms with van der Waals surface area (Å²) in [7, 11) is 2.09. The van der Waals surface area contributed by atoms with Gasteiger partial charge < -0.3 is 19.7 Å². The number of piperazine rings is 1. The van der Waals surface area contributed by atoms with Gasteiger partial charge in [-0.3, -0.25) is 4.79 Å². The quantitative estimate of drug-likeness (QED) is 0.661. The summed E-state index contributed by atoms with van der Waals surface area (Å²) < 4.78 is 2.16. The molecular formula is C24H31N7O. The Morgan fingerprint density at radius 3 is 2.50 bits per heavy atom. The molecule has 0 saturated carbocycles. The van der Waals surface area contributed by atoms with E-state index in [1.807, 2.05) is 49.2 Å². The van der Waals surface area contributed by atoms with Crippen LogP contribution in [0.4, 0.5) is 11.6 Å². The molecule has 1 fully saturated rings. The van der Waals surface area contributed by atoms with Gasteiger partial charge in [-0.25, -0.2) is 15.0 Å². The molecule has 3 heterocycles. The fourth-order valence-electron chi connectivity index (χ4n) is 4.15. The zero-order valence-corrected chi connectivity index (χ0v) is 19.5. The maximum atomic E-state index is 12.9. The van der Waals surface area contributed by atoms with Gasteiger partial charge >= 0.3 is 0 Å². The van der Waals surface area contributed by atoms with Gasteiger partial charge in [-0.1, -0.05) is 0 Å². The van der Waals surface area contributed by atoms with Crippen LogP contribution < -0.4 is 5.32 Å². The summed E-state index contributed by atoms with van der Waals surface area (Å²) >= 11 is 0. The first kappa shape index (κ1) is 22.0. The van der Waals surface area contributed by atoms with Crippen LogP contribution in [0, 0.1) is 13.8 Å². The summed E-state index contributed by atoms with van der Waals surface area (Å²) in [5.74, 6) is 1.56. The summed E-state index contributed by atoms with van der Waals surface area (Å²) in [5, 5.41) is 3.28. The molecule has 0 bridgehead atoms. The van der Waals surface area contributed by atoms with E-state index in [-0.39, 0.29) is 11.9 Å². The number of nitrogens with one attached hydrogen (secondary N) is 1. The number of imidazole rings is 1. The Morgan fingerprint density at radius 2 is 1.81 bits per heavy atom. The van der Waals surface area contributed by atoms with Crippen molar-refractivity contribution in [1.82, 2.24) is 29.3 Å². The Morgan fingerprint density at radius 1 is 1.06 bits per heavy atom. The molecule has 1 aromatic carbocycles. The van der Waals surface area contributed by atoms with Gasteiger partial charge in [0.2, 0.25) is 5.95 Å². The second kappa shape index (κ2) is 9.08. The minimum Gasteiger partial charge on any atom is -0.336 e. The van der Waals surface area contributed by atoms with E-state index >= 15 is 0 Å². The third kappa shape index (κ3) is 4.50.